The monoisotopic (exact) mass is 149 g/mol. The molecule has 0 bridgehead atoms. The van der Waals surface area contributed by atoms with Crippen molar-refractivity contribution in [1.82, 2.24) is 9.78 Å². The lowest BCUT2D eigenvalue weighted by molar-refractivity contribution is 0.344. The summed E-state index contributed by atoms with van der Waals surface area (Å²) >= 11 is 0. The molecule has 1 radical (unpaired) electrons. The van der Waals surface area contributed by atoms with Crippen LogP contribution in [-0.2, 0) is 12.0 Å². The largest absolute Gasteiger partial charge is 0.268 e. The molecule has 1 aromatic rings. The van der Waals surface area contributed by atoms with E-state index in [1.807, 2.05) is 6.07 Å². The van der Waals surface area contributed by atoms with Gasteiger partial charge in [0.2, 0.25) is 0 Å². The molecule has 0 saturated heterocycles. The fourth-order valence-corrected chi connectivity index (χ4v) is 1.80. The van der Waals surface area contributed by atoms with E-state index in [0.29, 0.717) is 5.41 Å². The van der Waals surface area contributed by atoms with Crippen LogP contribution in [0.2, 0.25) is 0 Å². The first kappa shape index (κ1) is 6.89. The third-order valence-electron chi connectivity index (χ3n) is 2.52. The Labute approximate surface area is 67.2 Å². The van der Waals surface area contributed by atoms with Gasteiger partial charge in [-0.15, -0.1) is 0 Å². The third kappa shape index (κ3) is 0.971. The van der Waals surface area contributed by atoms with E-state index in [0.717, 1.165) is 6.54 Å². The molecule has 2 rings (SSSR count). The van der Waals surface area contributed by atoms with Crippen molar-refractivity contribution in [3.05, 3.63) is 18.0 Å². The molecule has 0 saturated carbocycles. The molecule has 11 heavy (non-hydrogen) atoms. The molecule has 1 aromatic heterocycles. The summed E-state index contributed by atoms with van der Waals surface area (Å²) in [7, 11) is 0. The van der Waals surface area contributed by atoms with Crippen molar-refractivity contribution < 1.29 is 0 Å². The van der Waals surface area contributed by atoms with Crippen LogP contribution in [0, 0.1) is 6.20 Å². The highest BCUT2D eigenvalue weighted by Gasteiger charge is 2.27. The molecular formula is C9H13N2. The van der Waals surface area contributed by atoms with Crippen molar-refractivity contribution in [3.63, 3.8) is 0 Å². The molecule has 1 aliphatic rings. The highest BCUT2D eigenvalue weighted by atomic mass is 15.3. The van der Waals surface area contributed by atoms with Crippen molar-refractivity contribution in [2.24, 2.45) is 0 Å². The van der Waals surface area contributed by atoms with Crippen molar-refractivity contribution in [1.29, 1.82) is 0 Å². The second kappa shape index (κ2) is 2.10. The maximum atomic E-state index is 4.14. The summed E-state index contributed by atoms with van der Waals surface area (Å²) in [5.41, 5.74) is 1.65. The van der Waals surface area contributed by atoms with Gasteiger partial charge in [0.1, 0.15) is 6.20 Å². The van der Waals surface area contributed by atoms with Gasteiger partial charge in [-0.3, -0.25) is 4.68 Å². The van der Waals surface area contributed by atoms with Crippen LogP contribution in [0.1, 0.15) is 32.4 Å². The average molecular weight is 149 g/mol. The number of hydrogen-bond donors (Lipinski definition) is 0. The number of hydrogen-bond acceptors (Lipinski definition) is 1. The van der Waals surface area contributed by atoms with E-state index in [9.17, 15) is 0 Å². The van der Waals surface area contributed by atoms with E-state index in [1.165, 1.54) is 18.5 Å². The molecule has 0 fully saturated rings. The van der Waals surface area contributed by atoms with Gasteiger partial charge in [-0.2, -0.15) is 5.10 Å². The fraction of sp³-hybridized carbons (Fsp3) is 0.667. The lowest BCUT2D eigenvalue weighted by Gasteiger charge is -2.30. The molecule has 1 aliphatic heterocycles. The Balaban J connectivity index is 2.48. The molecule has 2 heteroatoms. The van der Waals surface area contributed by atoms with Gasteiger partial charge in [-0.1, -0.05) is 13.8 Å². The van der Waals surface area contributed by atoms with Crippen LogP contribution in [0.25, 0.3) is 0 Å². The second-order valence-corrected chi connectivity index (χ2v) is 3.87. The van der Waals surface area contributed by atoms with Crippen LogP contribution in [0.15, 0.2) is 6.07 Å². The van der Waals surface area contributed by atoms with Gasteiger partial charge in [-0.05, 0) is 18.9 Å². The minimum Gasteiger partial charge on any atom is -0.268 e. The summed E-state index contributed by atoms with van der Waals surface area (Å²) in [6.45, 7) is 5.61. The number of rotatable bonds is 0. The lowest BCUT2D eigenvalue weighted by Crippen LogP contribution is -2.27. The Bertz CT molecular complexity index is 260. The first-order chi connectivity index (χ1) is 5.20. The zero-order chi connectivity index (χ0) is 7.90. The summed E-state index contributed by atoms with van der Waals surface area (Å²) in [6, 6.07) is 2.01. The van der Waals surface area contributed by atoms with Gasteiger partial charge in [0.05, 0.1) is 0 Å². The molecule has 2 nitrogen and oxygen atoms in total. The number of fused-ring (bicyclic) bond motifs is 1. The van der Waals surface area contributed by atoms with E-state index in [4.69, 9.17) is 0 Å². The first-order valence-electron chi connectivity index (χ1n) is 4.14. The topological polar surface area (TPSA) is 17.8 Å². The van der Waals surface area contributed by atoms with E-state index >= 15 is 0 Å². The summed E-state index contributed by atoms with van der Waals surface area (Å²) in [5, 5.41) is 4.14. The maximum Gasteiger partial charge on any atom is 0.113 e. The predicted molar refractivity (Wildman–Crippen MR) is 43.3 cm³/mol. The Kier molecular flexibility index (Phi) is 1.31. The van der Waals surface area contributed by atoms with Gasteiger partial charge in [0.25, 0.3) is 0 Å². The normalized spacial score (nSPS) is 21.3. The summed E-state index contributed by atoms with van der Waals surface area (Å²) in [5.74, 6) is 0. The molecule has 0 aromatic carbocycles. The van der Waals surface area contributed by atoms with E-state index in [2.05, 4.69) is 29.8 Å². The van der Waals surface area contributed by atoms with Crippen LogP contribution in [-0.4, -0.2) is 9.78 Å². The molecule has 59 valence electrons. The van der Waals surface area contributed by atoms with E-state index in [1.54, 1.807) is 0 Å². The average Bonchev–Trinajstić information content (AvgIpc) is 2.34. The quantitative estimate of drug-likeness (QED) is 0.549. The highest BCUT2D eigenvalue weighted by Crippen LogP contribution is 2.31. The standard InChI is InChI=1S/C9H13N2/c1-9(2)5-3-7-11-8(9)4-6-10-11/h4H,3,5,7H2,1-2H3. The zero-order valence-corrected chi connectivity index (χ0v) is 7.09. The summed E-state index contributed by atoms with van der Waals surface area (Å²) < 4.78 is 2.07. The van der Waals surface area contributed by atoms with Gasteiger partial charge in [0, 0.05) is 17.7 Å². The second-order valence-electron chi connectivity index (χ2n) is 3.87. The molecule has 0 atom stereocenters. The van der Waals surface area contributed by atoms with Crippen molar-refractivity contribution >= 4 is 0 Å². The molecule has 0 aliphatic carbocycles. The van der Waals surface area contributed by atoms with Crippen LogP contribution >= 0.6 is 0 Å². The summed E-state index contributed by atoms with van der Waals surface area (Å²) in [6.07, 6.45) is 5.42. The molecule has 0 unspecified atom stereocenters. The third-order valence-corrected chi connectivity index (χ3v) is 2.52. The van der Waals surface area contributed by atoms with Gasteiger partial charge in [0.15, 0.2) is 0 Å². The maximum absolute atomic E-state index is 4.14. The van der Waals surface area contributed by atoms with Crippen LogP contribution in [0.3, 0.4) is 0 Å². The Morgan fingerprint density at radius 3 is 3.18 bits per heavy atom. The first-order valence-corrected chi connectivity index (χ1v) is 4.14. The number of nitrogens with zero attached hydrogens (tertiary/aromatic N) is 2. The Hall–Kier alpha value is -0.790. The lowest BCUT2D eigenvalue weighted by atomic mass is 9.82. The SMILES string of the molecule is CC1(C)CCCn2n[c]cc21. The smallest absolute Gasteiger partial charge is 0.113 e. The van der Waals surface area contributed by atoms with Crippen molar-refractivity contribution in [2.45, 2.75) is 38.6 Å². The van der Waals surface area contributed by atoms with Crippen LogP contribution in [0.4, 0.5) is 0 Å². The fourth-order valence-electron chi connectivity index (χ4n) is 1.80. The van der Waals surface area contributed by atoms with Crippen molar-refractivity contribution in [2.75, 3.05) is 0 Å². The molecule has 0 N–H and O–H groups in total. The molecule has 2 heterocycles. The van der Waals surface area contributed by atoms with Crippen molar-refractivity contribution in [3.8, 4) is 0 Å². The van der Waals surface area contributed by atoms with Gasteiger partial charge >= 0.3 is 0 Å². The Morgan fingerprint density at radius 1 is 1.64 bits per heavy atom. The molecule has 0 spiro atoms. The zero-order valence-electron chi connectivity index (χ0n) is 7.09. The van der Waals surface area contributed by atoms with Gasteiger partial charge < -0.3 is 0 Å². The van der Waals surface area contributed by atoms with E-state index < -0.39 is 0 Å². The van der Waals surface area contributed by atoms with Crippen LogP contribution < -0.4 is 0 Å². The van der Waals surface area contributed by atoms with Gasteiger partial charge in [-0.25, -0.2) is 0 Å². The Morgan fingerprint density at radius 2 is 2.45 bits per heavy atom. The minimum atomic E-state index is 0.311. The van der Waals surface area contributed by atoms with E-state index in [-0.39, 0.29) is 0 Å². The number of aryl methyl sites for hydroxylation is 1. The highest BCUT2D eigenvalue weighted by molar-refractivity contribution is 5.14. The van der Waals surface area contributed by atoms with Crippen LogP contribution in [0.5, 0.6) is 0 Å². The minimum absolute atomic E-state index is 0.311. The number of aromatic nitrogens is 2. The summed E-state index contributed by atoms with van der Waals surface area (Å²) in [4.78, 5) is 0. The predicted octanol–water partition coefficient (Wildman–Crippen LogP) is 1.75. The molecular weight excluding hydrogens is 136 g/mol. The molecule has 0 amide bonds.